The number of sulfonamides is 2. The van der Waals surface area contributed by atoms with Gasteiger partial charge in [-0.1, -0.05) is 61.5 Å². The van der Waals surface area contributed by atoms with E-state index in [4.69, 9.17) is 0 Å². The summed E-state index contributed by atoms with van der Waals surface area (Å²) in [5.41, 5.74) is -3.07. The lowest BCUT2D eigenvalue weighted by Gasteiger charge is -2.39. The lowest BCUT2D eigenvalue weighted by atomic mass is 9.85. The lowest BCUT2D eigenvalue weighted by Crippen LogP contribution is -2.63. The van der Waals surface area contributed by atoms with Crippen LogP contribution < -0.4 is 20.7 Å². The molecule has 1 heterocycles. The fraction of sp³-hybridized carbons (Fsp3) is 0.812. The number of urea groups is 1. The highest BCUT2D eigenvalue weighted by Gasteiger charge is 2.71. The summed E-state index contributed by atoms with van der Waals surface area (Å²) in [6.45, 7) is 19.1. The number of carbonyl (C=O) groups excluding carboxylic acids is 4. The molecule has 0 radical (unpaired) electrons. The molecule has 4 fully saturated rings. The zero-order valence-electron chi connectivity index (χ0n) is 29.8. The van der Waals surface area contributed by atoms with Crippen molar-refractivity contribution >= 4 is 43.8 Å². The van der Waals surface area contributed by atoms with Gasteiger partial charge < -0.3 is 20.9 Å². The zero-order chi connectivity index (χ0) is 36.6. The number of nitrogens with zero attached hydrogens (tertiary/aromatic N) is 2. The molecule has 4 rings (SSSR count). The zero-order valence-corrected chi connectivity index (χ0v) is 31.5. The largest absolute Gasteiger partial charge is 0.339 e. The minimum absolute atomic E-state index is 0.0119. The molecule has 272 valence electrons. The van der Waals surface area contributed by atoms with Crippen LogP contribution in [0.25, 0.3) is 0 Å². The van der Waals surface area contributed by atoms with Crippen LogP contribution in [0, 0.1) is 34.0 Å². The molecule has 48 heavy (non-hydrogen) atoms. The van der Waals surface area contributed by atoms with Crippen molar-refractivity contribution in [3.8, 4) is 0 Å². The molecule has 4 aliphatic rings. The standard InChI is InChI=1S/C32H54N6O8S2/c1-12-18-15-32(18,27(41)36-48(45,46)19-13-14-19)35-25(39)23-22-20(31(22,8)9)16-38(23)26(40)24(30(5,6)7)34-28(42)33-21(29(2,3)4)17-37(10)47(11,43)44/h12,18-24H,1,13-17H2,2-11H3,(H,35,39)(H,36,41)(H2,33,34,42)/t18?,20?,21?,22?,23?,24?,32-/m1/s1. The van der Waals surface area contributed by atoms with E-state index in [2.05, 4.69) is 27.3 Å². The normalized spacial score (nSPS) is 29.3. The van der Waals surface area contributed by atoms with Crippen molar-refractivity contribution < 1.29 is 36.0 Å². The van der Waals surface area contributed by atoms with Gasteiger partial charge in [-0.3, -0.25) is 19.1 Å². The topological polar surface area (TPSA) is 191 Å². The first kappa shape index (κ1) is 38.1. The fourth-order valence-corrected chi connectivity index (χ4v) is 8.68. The monoisotopic (exact) mass is 714 g/mol. The van der Waals surface area contributed by atoms with Crippen molar-refractivity contribution in [3.05, 3.63) is 12.7 Å². The lowest BCUT2D eigenvalue weighted by molar-refractivity contribution is -0.144. The van der Waals surface area contributed by atoms with Gasteiger partial charge >= 0.3 is 6.03 Å². The van der Waals surface area contributed by atoms with Gasteiger partial charge in [0.05, 0.1) is 11.5 Å². The van der Waals surface area contributed by atoms with E-state index < -0.39 is 89.5 Å². The summed E-state index contributed by atoms with van der Waals surface area (Å²) in [6.07, 6.45) is 3.73. The van der Waals surface area contributed by atoms with Crippen LogP contribution >= 0.6 is 0 Å². The minimum Gasteiger partial charge on any atom is -0.339 e. The van der Waals surface area contributed by atoms with E-state index in [0.29, 0.717) is 12.8 Å². The van der Waals surface area contributed by atoms with Crippen molar-refractivity contribution in [1.29, 1.82) is 0 Å². The van der Waals surface area contributed by atoms with E-state index in [-0.39, 0.29) is 36.8 Å². The number of fused-ring (bicyclic) bond motifs is 1. The van der Waals surface area contributed by atoms with Crippen molar-refractivity contribution in [2.24, 2.45) is 34.0 Å². The van der Waals surface area contributed by atoms with Crippen LogP contribution in [0.4, 0.5) is 4.79 Å². The Hall–Kier alpha value is -2.72. The van der Waals surface area contributed by atoms with Crippen LogP contribution in [-0.4, -0.2) is 105 Å². The van der Waals surface area contributed by atoms with Crippen LogP contribution in [0.3, 0.4) is 0 Å². The van der Waals surface area contributed by atoms with E-state index in [1.807, 2.05) is 34.6 Å². The highest BCUT2D eigenvalue weighted by molar-refractivity contribution is 7.91. The first-order valence-electron chi connectivity index (χ1n) is 16.5. The summed E-state index contributed by atoms with van der Waals surface area (Å²) >= 11 is 0. The highest BCUT2D eigenvalue weighted by Crippen LogP contribution is 2.65. The Balaban J connectivity index is 1.55. The van der Waals surface area contributed by atoms with Gasteiger partial charge in [0.15, 0.2) is 0 Å². The third-order valence-electron chi connectivity index (χ3n) is 10.8. The average molecular weight is 715 g/mol. The Morgan fingerprint density at radius 3 is 2.04 bits per heavy atom. The van der Waals surface area contributed by atoms with Gasteiger partial charge in [0, 0.05) is 32.1 Å². The molecule has 0 aromatic carbocycles. The van der Waals surface area contributed by atoms with Gasteiger partial charge in [-0.05, 0) is 47.3 Å². The van der Waals surface area contributed by atoms with E-state index in [1.54, 1.807) is 20.8 Å². The molecule has 0 spiro atoms. The summed E-state index contributed by atoms with van der Waals surface area (Å²) in [6, 6.07) is -3.28. The molecule has 6 unspecified atom stereocenters. The van der Waals surface area contributed by atoms with E-state index >= 15 is 0 Å². The van der Waals surface area contributed by atoms with Gasteiger partial charge in [-0.25, -0.2) is 25.9 Å². The molecule has 1 saturated heterocycles. The highest BCUT2D eigenvalue weighted by atomic mass is 32.2. The second-order valence-corrected chi connectivity index (χ2v) is 21.0. The number of carbonyl (C=O) groups is 4. The Morgan fingerprint density at radius 1 is 1.00 bits per heavy atom. The first-order valence-corrected chi connectivity index (χ1v) is 19.9. The van der Waals surface area contributed by atoms with Crippen molar-refractivity contribution in [2.75, 3.05) is 26.4 Å². The Labute approximate surface area is 285 Å². The summed E-state index contributed by atoms with van der Waals surface area (Å²) in [5, 5.41) is 7.88. The molecule has 4 N–H and O–H groups in total. The Bertz CT molecular complexity index is 1580. The van der Waals surface area contributed by atoms with E-state index in [9.17, 15) is 36.0 Å². The molecule has 0 bridgehead atoms. The SMILES string of the molecule is C=CC1C[C@]1(NC(=O)C1C2C(CN1C(=O)C(NC(=O)NC(CN(C)S(C)(=O)=O)C(C)(C)C)C(C)(C)C)C2(C)C)C(=O)NS(=O)(=O)C1CC1. The van der Waals surface area contributed by atoms with Crippen LogP contribution in [0.2, 0.25) is 0 Å². The molecule has 0 aromatic heterocycles. The van der Waals surface area contributed by atoms with Crippen LogP contribution in [0.1, 0.15) is 74.7 Å². The van der Waals surface area contributed by atoms with Crippen molar-refractivity contribution in [2.45, 2.75) is 104 Å². The number of likely N-dealkylation sites (tertiary alicyclic amines) is 1. The quantitative estimate of drug-likeness (QED) is 0.217. The third-order valence-corrected chi connectivity index (χ3v) is 13.9. The number of amides is 5. The molecule has 1 aliphatic heterocycles. The summed E-state index contributed by atoms with van der Waals surface area (Å²) in [4.78, 5) is 56.8. The predicted octanol–water partition coefficient (Wildman–Crippen LogP) is 1.16. The molecule has 5 amide bonds. The van der Waals surface area contributed by atoms with Crippen LogP contribution in [-0.2, 0) is 34.4 Å². The maximum atomic E-state index is 14.4. The van der Waals surface area contributed by atoms with Gasteiger partial charge in [-0.2, -0.15) is 0 Å². The molecule has 7 atom stereocenters. The molecule has 16 heteroatoms. The number of likely N-dealkylation sites (N-methyl/N-ethyl adjacent to an activating group) is 1. The maximum Gasteiger partial charge on any atom is 0.315 e. The molecule has 0 aromatic rings. The van der Waals surface area contributed by atoms with E-state index in [1.165, 1.54) is 18.0 Å². The maximum absolute atomic E-state index is 14.4. The predicted molar refractivity (Wildman–Crippen MR) is 181 cm³/mol. The van der Waals surface area contributed by atoms with Crippen LogP contribution in [0.15, 0.2) is 12.7 Å². The fourth-order valence-electron chi connectivity index (χ4n) is 6.90. The van der Waals surface area contributed by atoms with Gasteiger partial charge in [0.25, 0.3) is 5.91 Å². The number of piperidine rings is 1. The molecule has 3 aliphatic carbocycles. The second kappa shape index (κ2) is 12.3. The first-order chi connectivity index (χ1) is 21.7. The summed E-state index contributed by atoms with van der Waals surface area (Å²) in [7, 11) is -5.95. The number of hydrogen-bond acceptors (Lipinski definition) is 8. The number of nitrogens with one attached hydrogen (secondary N) is 4. The molecule has 14 nitrogen and oxygen atoms in total. The second-order valence-electron chi connectivity index (χ2n) is 17.0. The van der Waals surface area contributed by atoms with Crippen molar-refractivity contribution in [1.82, 2.24) is 29.9 Å². The third kappa shape index (κ3) is 7.54. The van der Waals surface area contributed by atoms with Crippen molar-refractivity contribution in [3.63, 3.8) is 0 Å². The molecule has 3 saturated carbocycles. The van der Waals surface area contributed by atoms with Gasteiger partial charge in [0.2, 0.25) is 31.9 Å². The van der Waals surface area contributed by atoms with Crippen LogP contribution in [0.5, 0.6) is 0 Å². The Morgan fingerprint density at radius 2 is 1.58 bits per heavy atom. The molecular weight excluding hydrogens is 661 g/mol. The Kier molecular flexibility index (Phi) is 9.72. The van der Waals surface area contributed by atoms with Gasteiger partial charge in [-0.15, -0.1) is 6.58 Å². The average Bonchev–Trinajstić information content (AvgIpc) is 3.87. The smallest absolute Gasteiger partial charge is 0.315 e. The number of rotatable bonds is 12. The van der Waals surface area contributed by atoms with E-state index in [0.717, 1.165) is 10.6 Å². The number of hydrogen-bond donors (Lipinski definition) is 4. The molecular formula is C32H54N6O8S2. The summed E-state index contributed by atoms with van der Waals surface area (Å²) in [5.74, 6) is -2.50. The minimum atomic E-state index is -3.86. The summed E-state index contributed by atoms with van der Waals surface area (Å²) < 4.78 is 52.7. The van der Waals surface area contributed by atoms with Gasteiger partial charge in [0.1, 0.15) is 17.6 Å².